The summed E-state index contributed by atoms with van der Waals surface area (Å²) in [4.78, 5) is 17.8. The number of thiazole rings is 1. The normalized spacial score (nSPS) is 11.9. The largest absolute Gasteiger partial charge is 0.497 e. The highest BCUT2D eigenvalue weighted by molar-refractivity contribution is 7.15. The summed E-state index contributed by atoms with van der Waals surface area (Å²) in [6, 6.07) is 13.3. The number of hydrogen-bond donors (Lipinski definition) is 0. The molecule has 0 spiro atoms. The lowest BCUT2D eigenvalue weighted by Gasteiger charge is -2.06. The second-order valence-corrected chi connectivity index (χ2v) is 7.03. The van der Waals surface area contributed by atoms with Crippen LogP contribution >= 0.6 is 11.3 Å². The van der Waals surface area contributed by atoms with Gasteiger partial charge in [-0.3, -0.25) is 4.79 Å². The maximum absolute atomic E-state index is 12.8. The highest BCUT2D eigenvalue weighted by Gasteiger charge is 2.12. The molecule has 0 saturated carbocycles. The van der Waals surface area contributed by atoms with Crippen molar-refractivity contribution in [1.29, 1.82) is 0 Å². The standard InChI is InChI=1S/C20H17N3O3S/c1-12-4-6-13(7-5-12)18-21-20-23(22-18)19(24)17(27-20)11-14-10-15(25-2)8-9-16(14)26-3/h4-11H,1-3H3/b17-11-. The average Bonchev–Trinajstić information content (AvgIpc) is 3.22. The zero-order chi connectivity index (χ0) is 19.0. The first kappa shape index (κ1) is 17.2. The number of rotatable bonds is 4. The molecule has 4 aromatic rings. The van der Waals surface area contributed by atoms with E-state index < -0.39 is 0 Å². The van der Waals surface area contributed by atoms with Gasteiger partial charge in [-0.1, -0.05) is 41.2 Å². The van der Waals surface area contributed by atoms with Crippen LogP contribution in [0, 0.1) is 6.92 Å². The topological polar surface area (TPSA) is 65.7 Å². The van der Waals surface area contributed by atoms with E-state index in [0.717, 1.165) is 16.7 Å². The molecule has 4 rings (SSSR count). The lowest BCUT2D eigenvalue weighted by atomic mass is 10.1. The Morgan fingerprint density at radius 1 is 1.07 bits per heavy atom. The zero-order valence-corrected chi connectivity index (χ0v) is 15.9. The number of fused-ring (bicyclic) bond motifs is 1. The van der Waals surface area contributed by atoms with Crippen LogP contribution in [0.15, 0.2) is 47.3 Å². The summed E-state index contributed by atoms with van der Waals surface area (Å²) in [5.74, 6) is 1.90. The smallest absolute Gasteiger partial charge is 0.291 e. The van der Waals surface area contributed by atoms with Crippen LogP contribution in [0.5, 0.6) is 11.5 Å². The number of aromatic nitrogens is 3. The summed E-state index contributed by atoms with van der Waals surface area (Å²) in [6.07, 6.45) is 1.77. The average molecular weight is 379 g/mol. The van der Waals surface area contributed by atoms with Gasteiger partial charge < -0.3 is 9.47 Å². The van der Waals surface area contributed by atoms with Gasteiger partial charge in [-0.05, 0) is 31.2 Å². The fraction of sp³-hybridized carbons (Fsp3) is 0.150. The second-order valence-electron chi connectivity index (χ2n) is 6.02. The summed E-state index contributed by atoms with van der Waals surface area (Å²) in [6.45, 7) is 2.02. The molecular formula is C20H17N3O3S. The van der Waals surface area contributed by atoms with Crippen molar-refractivity contribution in [2.45, 2.75) is 6.92 Å². The van der Waals surface area contributed by atoms with Gasteiger partial charge in [0.15, 0.2) is 5.82 Å². The Morgan fingerprint density at radius 2 is 1.85 bits per heavy atom. The molecule has 2 aromatic heterocycles. The molecule has 0 unspecified atom stereocenters. The van der Waals surface area contributed by atoms with E-state index in [2.05, 4.69) is 10.1 Å². The van der Waals surface area contributed by atoms with E-state index >= 15 is 0 Å². The summed E-state index contributed by atoms with van der Waals surface area (Å²) >= 11 is 1.29. The predicted molar refractivity (Wildman–Crippen MR) is 106 cm³/mol. The molecule has 0 aliphatic carbocycles. The predicted octanol–water partition coefficient (Wildman–Crippen LogP) is 2.69. The Labute approximate surface area is 159 Å². The van der Waals surface area contributed by atoms with E-state index in [-0.39, 0.29) is 5.56 Å². The van der Waals surface area contributed by atoms with Crippen LogP contribution in [0.2, 0.25) is 0 Å². The fourth-order valence-corrected chi connectivity index (χ4v) is 3.65. The van der Waals surface area contributed by atoms with Crippen molar-refractivity contribution in [1.82, 2.24) is 14.6 Å². The lowest BCUT2D eigenvalue weighted by Crippen LogP contribution is -2.23. The van der Waals surface area contributed by atoms with Crippen LogP contribution in [0.4, 0.5) is 0 Å². The highest BCUT2D eigenvalue weighted by Crippen LogP contribution is 2.24. The van der Waals surface area contributed by atoms with Crippen LogP contribution < -0.4 is 19.6 Å². The van der Waals surface area contributed by atoms with Gasteiger partial charge in [-0.15, -0.1) is 5.10 Å². The van der Waals surface area contributed by atoms with Gasteiger partial charge in [0.25, 0.3) is 5.56 Å². The van der Waals surface area contributed by atoms with Crippen molar-refractivity contribution < 1.29 is 9.47 Å². The first-order valence-electron chi connectivity index (χ1n) is 8.29. The van der Waals surface area contributed by atoms with Crippen molar-refractivity contribution in [3.05, 3.63) is 68.5 Å². The van der Waals surface area contributed by atoms with Crippen LogP contribution in [0.3, 0.4) is 0 Å². The molecule has 2 aromatic carbocycles. The maximum Gasteiger partial charge on any atom is 0.291 e. The van der Waals surface area contributed by atoms with E-state index in [1.807, 2.05) is 49.4 Å². The molecule has 0 bridgehead atoms. The van der Waals surface area contributed by atoms with E-state index in [4.69, 9.17) is 9.47 Å². The number of methoxy groups -OCH3 is 2. The van der Waals surface area contributed by atoms with Gasteiger partial charge in [0, 0.05) is 11.1 Å². The number of nitrogens with zero attached hydrogens (tertiary/aromatic N) is 3. The minimum atomic E-state index is -0.203. The summed E-state index contributed by atoms with van der Waals surface area (Å²) < 4.78 is 12.5. The SMILES string of the molecule is COc1ccc(OC)c(/C=c2\sc3nc(-c4ccc(C)cc4)nn3c2=O)c1. The van der Waals surface area contributed by atoms with Crippen molar-refractivity contribution >= 4 is 22.4 Å². The number of aryl methyl sites for hydroxylation is 1. The number of hydrogen-bond acceptors (Lipinski definition) is 6. The molecule has 7 heteroatoms. The van der Waals surface area contributed by atoms with Crippen molar-refractivity contribution in [2.24, 2.45) is 0 Å². The van der Waals surface area contributed by atoms with Crippen molar-refractivity contribution in [2.75, 3.05) is 14.2 Å². The number of benzene rings is 2. The molecular weight excluding hydrogens is 362 g/mol. The molecule has 0 fully saturated rings. The van der Waals surface area contributed by atoms with Gasteiger partial charge in [0.05, 0.1) is 18.8 Å². The Hall–Kier alpha value is -3.19. The summed E-state index contributed by atoms with van der Waals surface area (Å²) in [5.41, 5.74) is 2.60. The van der Waals surface area contributed by atoms with Gasteiger partial charge >= 0.3 is 0 Å². The fourth-order valence-electron chi connectivity index (χ4n) is 2.75. The third-order valence-electron chi connectivity index (χ3n) is 4.22. The molecule has 0 amide bonds. The maximum atomic E-state index is 12.8. The molecule has 27 heavy (non-hydrogen) atoms. The van der Waals surface area contributed by atoms with Crippen molar-refractivity contribution in [3.63, 3.8) is 0 Å². The lowest BCUT2D eigenvalue weighted by molar-refractivity contribution is 0.402. The van der Waals surface area contributed by atoms with E-state index in [1.54, 1.807) is 20.3 Å². The van der Waals surface area contributed by atoms with Crippen LogP contribution in [0.1, 0.15) is 11.1 Å². The van der Waals surface area contributed by atoms with Crippen LogP contribution in [-0.4, -0.2) is 28.8 Å². The first-order valence-corrected chi connectivity index (χ1v) is 9.11. The molecule has 2 heterocycles. The van der Waals surface area contributed by atoms with Gasteiger partial charge in [-0.25, -0.2) is 0 Å². The molecule has 0 radical (unpaired) electrons. The van der Waals surface area contributed by atoms with Gasteiger partial charge in [0.1, 0.15) is 11.5 Å². The zero-order valence-electron chi connectivity index (χ0n) is 15.1. The Morgan fingerprint density at radius 3 is 2.52 bits per heavy atom. The van der Waals surface area contributed by atoms with E-state index in [9.17, 15) is 4.79 Å². The Balaban J connectivity index is 1.81. The van der Waals surface area contributed by atoms with E-state index in [1.165, 1.54) is 15.9 Å². The molecule has 0 N–H and O–H groups in total. The summed E-state index contributed by atoms with van der Waals surface area (Å²) in [5, 5.41) is 4.38. The van der Waals surface area contributed by atoms with Gasteiger partial charge in [-0.2, -0.15) is 9.50 Å². The number of ether oxygens (including phenoxy) is 2. The third-order valence-corrected chi connectivity index (χ3v) is 5.17. The Bertz CT molecular complexity index is 1230. The molecule has 6 nitrogen and oxygen atoms in total. The molecule has 136 valence electrons. The van der Waals surface area contributed by atoms with Crippen LogP contribution in [0.25, 0.3) is 22.4 Å². The molecule has 0 atom stereocenters. The third kappa shape index (κ3) is 3.17. The summed E-state index contributed by atoms with van der Waals surface area (Å²) in [7, 11) is 3.19. The minimum Gasteiger partial charge on any atom is -0.497 e. The quantitative estimate of drug-likeness (QED) is 0.545. The molecule has 0 aliphatic rings. The van der Waals surface area contributed by atoms with Crippen molar-refractivity contribution in [3.8, 4) is 22.9 Å². The Kier molecular flexibility index (Phi) is 4.37. The monoisotopic (exact) mass is 379 g/mol. The molecule has 0 aliphatic heterocycles. The second kappa shape index (κ2) is 6.85. The van der Waals surface area contributed by atoms with Crippen LogP contribution in [-0.2, 0) is 0 Å². The molecule has 0 saturated heterocycles. The highest BCUT2D eigenvalue weighted by atomic mass is 32.1. The van der Waals surface area contributed by atoms with Gasteiger partial charge in [0.2, 0.25) is 4.96 Å². The van der Waals surface area contributed by atoms with E-state index in [0.29, 0.717) is 26.8 Å². The minimum absolute atomic E-state index is 0.203. The first-order chi connectivity index (χ1) is 13.1.